The molecule has 46 heavy (non-hydrogen) atoms. The molecule has 0 unspecified atom stereocenters. The van der Waals surface area contributed by atoms with E-state index in [0.717, 1.165) is 23.8 Å². The molecule has 1 atom stereocenters. The maximum Gasteiger partial charge on any atom is 0.407 e. The molecule has 1 heterocycles. The van der Waals surface area contributed by atoms with E-state index in [0.29, 0.717) is 0 Å². The molecule has 1 N–H and O–H groups in total. The Kier molecular flexibility index (Phi) is 11.0. The number of nitrogens with zero attached hydrogens (tertiary/aromatic N) is 1. The van der Waals surface area contributed by atoms with Gasteiger partial charge in [-0.3, -0.25) is 4.79 Å². The van der Waals surface area contributed by atoms with E-state index in [4.69, 9.17) is 18.9 Å². The highest BCUT2D eigenvalue weighted by Crippen LogP contribution is 2.31. The molecule has 240 valence electrons. The predicted octanol–water partition coefficient (Wildman–Crippen LogP) is 5.73. The summed E-state index contributed by atoms with van der Waals surface area (Å²) in [6, 6.07) is 27.3. The van der Waals surface area contributed by atoms with Crippen LogP contribution in [0.2, 0.25) is 0 Å². The number of pyridine rings is 1. The standard InChI is InChI=1S/C36H38N2O8/c1-36(2,3)46-35(42)37-28(29(25-17-11-7-12-18-25)26-19-13-8-14-20-26)22-38-21-27(33(40)43-4)31(39)32(30(38)34(41)44-5)45-23-24-15-9-6-10-16-24/h6-21,28-29H,22-23H2,1-5H3,(H,37,42)/t28-/m0/s1. The second-order valence-electron chi connectivity index (χ2n) is 11.5. The monoisotopic (exact) mass is 626 g/mol. The van der Waals surface area contributed by atoms with Gasteiger partial charge in [0.1, 0.15) is 17.8 Å². The first kappa shape index (κ1) is 33.5. The second kappa shape index (κ2) is 15.1. The van der Waals surface area contributed by atoms with Crippen molar-refractivity contribution in [3.63, 3.8) is 0 Å². The smallest absolute Gasteiger partial charge is 0.407 e. The third kappa shape index (κ3) is 8.41. The number of aromatic nitrogens is 1. The summed E-state index contributed by atoms with van der Waals surface area (Å²) in [7, 11) is 2.33. The topological polar surface area (TPSA) is 122 Å². The molecule has 0 spiro atoms. The van der Waals surface area contributed by atoms with Crippen LogP contribution in [-0.2, 0) is 27.4 Å². The zero-order valence-electron chi connectivity index (χ0n) is 26.5. The van der Waals surface area contributed by atoms with Gasteiger partial charge in [0.05, 0.1) is 20.3 Å². The summed E-state index contributed by atoms with van der Waals surface area (Å²) < 4.78 is 23.0. The number of amides is 1. The minimum atomic E-state index is -0.918. The number of hydrogen-bond donors (Lipinski definition) is 1. The van der Waals surface area contributed by atoms with Crippen molar-refractivity contribution in [1.82, 2.24) is 9.88 Å². The molecule has 1 aromatic heterocycles. The fourth-order valence-electron chi connectivity index (χ4n) is 5.09. The summed E-state index contributed by atoms with van der Waals surface area (Å²) in [4.78, 5) is 53.2. The first-order valence-electron chi connectivity index (χ1n) is 14.7. The van der Waals surface area contributed by atoms with Crippen molar-refractivity contribution in [2.24, 2.45) is 0 Å². The molecule has 10 nitrogen and oxygen atoms in total. The van der Waals surface area contributed by atoms with Crippen molar-refractivity contribution < 1.29 is 33.3 Å². The average molecular weight is 627 g/mol. The quantitative estimate of drug-likeness (QED) is 0.166. The third-order valence-corrected chi connectivity index (χ3v) is 7.06. The van der Waals surface area contributed by atoms with E-state index < -0.39 is 41.0 Å². The fraction of sp³-hybridized carbons (Fsp3) is 0.278. The van der Waals surface area contributed by atoms with Crippen molar-refractivity contribution in [1.29, 1.82) is 0 Å². The van der Waals surface area contributed by atoms with Crippen molar-refractivity contribution >= 4 is 18.0 Å². The number of benzene rings is 3. The maximum absolute atomic E-state index is 13.6. The number of carbonyl (C=O) groups excluding carboxylic acids is 3. The van der Waals surface area contributed by atoms with Crippen LogP contribution in [0, 0.1) is 0 Å². The van der Waals surface area contributed by atoms with Crippen LogP contribution >= 0.6 is 0 Å². The molecule has 0 fully saturated rings. The molecule has 0 saturated heterocycles. The predicted molar refractivity (Wildman–Crippen MR) is 172 cm³/mol. The molecule has 3 aromatic carbocycles. The fourth-order valence-corrected chi connectivity index (χ4v) is 5.09. The average Bonchev–Trinajstić information content (AvgIpc) is 3.04. The number of esters is 2. The van der Waals surface area contributed by atoms with Crippen LogP contribution in [0.5, 0.6) is 5.75 Å². The largest absolute Gasteiger partial charge is 0.482 e. The Balaban J connectivity index is 1.93. The number of ether oxygens (including phenoxy) is 4. The third-order valence-electron chi connectivity index (χ3n) is 7.06. The SMILES string of the molecule is COC(=O)c1cn(C[C@H](NC(=O)OC(C)(C)C)C(c2ccccc2)c2ccccc2)c(C(=O)OC)c(OCc2ccccc2)c1=O. The zero-order valence-corrected chi connectivity index (χ0v) is 26.5. The Hall–Kier alpha value is -5.38. The molecule has 10 heteroatoms. The van der Waals surface area contributed by atoms with Gasteiger partial charge < -0.3 is 28.8 Å². The number of carbonyl (C=O) groups is 3. The Bertz CT molecular complexity index is 1660. The Labute approximate surface area is 267 Å². The minimum absolute atomic E-state index is 0.0685. The van der Waals surface area contributed by atoms with E-state index in [1.54, 1.807) is 32.9 Å². The lowest BCUT2D eigenvalue weighted by Crippen LogP contribution is -2.45. The summed E-state index contributed by atoms with van der Waals surface area (Å²) in [5.74, 6) is -2.64. The molecule has 0 aliphatic rings. The van der Waals surface area contributed by atoms with Crippen LogP contribution in [-0.4, -0.2) is 48.5 Å². The Morgan fingerprint density at radius 3 is 1.80 bits per heavy atom. The van der Waals surface area contributed by atoms with E-state index in [2.05, 4.69) is 5.32 Å². The summed E-state index contributed by atoms with van der Waals surface area (Å²) in [6.07, 6.45) is 0.538. The van der Waals surface area contributed by atoms with Crippen LogP contribution in [0.25, 0.3) is 0 Å². The Morgan fingerprint density at radius 1 is 0.783 bits per heavy atom. The van der Waals surface area contributed by atoms with Gasteiger partial charge in [-0.25, -0.2) is 14.4 Å². The molecule has 0 bridgehead atoms. The highest BCUT2D eigenvalue weighted by Gasteiger charge is 2.33. The van der Waals surface area contributed by atoms with E-state index in [-0.39, 0.29) is 30.2 Å². The summed E-state index contributed by atoms with van der Waals surface area (Å²) >= 11 is 0. The number of alkyl carbamates (subject to hydrolysis) is 1. The van der Waals surface area contributed by atoms with Crippen LogP contribution in [0.15, 0.2) is 102 Å². The first-order valence-corrected chi connectivity index (χ1v) is 14.7. The molecular formula is C36H38N2O8. The van der Waals surface area contributed by atoms with Gasteiger partial charge in [-0.15, -0.1) is 0 Å². The van der Waals surface area contributed by atoms with E-state index in [1.165, 1.54) is 17.9 Å². The molecular weight excluding hydrogens is 588 g/mol. The number of methoxy groups -OCH3 is 2. The van der Waals surface area contributed by atoms with Gasteiger partial charge in [0.2, 0.25) is 5.43 Å². The normalized spacial score (nSPS) is 11.8. The van der Waals surface area contributed by atoms with Crippen LogP contribution in [0.4, 0.5) is 4.79 Å². The first-order chi connectivity index (χ1) is 22.0. The van der Waals surface area contributed by atoms with Crippen LogP contribution in [0.1, 0.15) is 64.2 Å². The van der Waals surface area contributed by atoms with Crippen molar-refractivity contribution in [3.8, 4) is 5.75 Å². The van der Waals surface area contributed by atoms with Gasteiger partial charge in [-0.05, 0) is 37.5 Å². The molecule has 0 saturated carbocycles. The van der Waals surface area contributed by atoms with Crippen LogP contribution in [0.3, 0.4) is 0 Å². The van der Waals surface area contributed by atoms with Crippen LogP contribution < -0.4 is 15.5 Å². The summed E-state index contributed by atoms with van der Waals surface area (Å²) in [5.41, 5.74) is 0.240. The van der Waals surface area contributed by atoms with Gasteiger partial charge in [0.25, 0.3) is 0 Å². The highest BCUT2D eigenvalue weighted by molar-refractivity contribution is 5.94. The molecule has 1 amide bonds. The van der Waals surface area contributed by atoms with E-state index in [9.17, 15) is 19.2 Å². The lowest BCUT2D eigenvalue weighted by Gasteiger charge is -2.32. The summed E-state index contributed by atoms with van der Waals surface area (Å²) in [5, 5.41) is 2.99. The van der Waals surface area contributed by atoms with Gasteiger partial charge in [0.15, 0.2) is 11.4 Å². The van der Waals surface area contributed by atoms with E-state index in [1.807, 2.05) is 78.9 Å². The highest BCUT2D eigenvalue weighted by atomic mass is 16.6. The minimum Gasteiger partial charge on any atom is -0.482 e. The number of rotatable bonds is 11. The van der Waals surface area contributed by atoms with Gasteiger partial charge in [0, 0.05) is 18.7 Å². The van der Waals surface area contributed by atoms with Crippen molar-refractivity contribution in [3.05, 3.63) is 135 Å². The van der Waals surface area contributed by atoms with Gasteiger partial charge in [-0.1, -0.05) is 91.0 Å². The molecule has 0 aliphatic heterocycles. The maximum atomic E-state index is 13.6. The van der Waals surface area contributed by atoms with E-state index >= 15 is 0 Å². The number of hydrogen-bond acceptors (Lipinski definition) is 8. The molecule has 0 aliphatic carbocycles. The summed E-state index contributed by atoms with van der Waals surface area (Å²) in [6.45, 7) is 5.08. The van der Waals surface area contributed by atoms with Gasteiger partial charge in [-0.2, -0.15) is 0 Å². The second-order valence-corrected chi connectivity index (χ2v) is 11.5. The van der Waals surface area contributed by atoms with Crippen molar-refractivity contribution in [2.45, 2.75) is 51.5 Å². The molecule has 0 radical (unpaired) electrons. The van der Waals surface area contributed by atoms with Crippen molar-refractivity contribution in [2.75, 3.05) is 14.2 Å². The van der Waals surface area contributed by atoms with Gasteiger partial charge >= 0.3 is 18.0 Å². The molecule has 4 rings (SSSR count). The zero-order chi connectivity index (χ0) is 33.3. The molecule has 4 aromatic rings. The number of nitrogens with one attached hydrogen (secondary N) is 1. The lowest BCUT2D eigenvalue weighted by molar-refractivity contribution is 0.0491. The lowest BCUT2D eigenvalue weighted by atomic mass is 9.84. The Morgan fingerprint density at radius 2 is 1.30 bits per heavy atom.